The molecule has 0 aliphatic rings. The number of carbonyl (C=O) groups is 5. The zero-order valence-electron chi connectivity index (χ0n) is 45.3. The molecule has 0 aliphatic heterocycles. The molecule has 5 aromatic rings. The van der Waals surface area contributed by atoms with Gasteiger partial charge >= 0.3 is 309 Å². The Balaban J connectivity index is -0.000000133. The first kappa shape index (κ1) is 96.0. The normalized spacial score (nSPS) is 9.76. The van der Waals surface area contributed by atoms with Gasteiger partial charge in [0.15, 0.2) is 0 Å². The summed E-state index contributed by atoms with van der Waals surface area (Å²) >= 11 is 15.4. The van der Waals surface area contributed by atoms with E-state index in [0.717, 1.165) is 4.47 Å². The molecule has 407 valence electrons. The van der Waals surface area contributed by atoms with Crippen LogP contribution < -0.4 is 215 Å². The van der Waals surface area contributed by atoms with Crippen LogP contribution in [0.4, 0.5) is 23.2 Å². The van der Waals surface area contributed by atoms with E-state index in [1.54, 1.807) is 25.1 Å². The Morgan fingerprint density at radius 2 is 1.08 bits per heavy atom. The summed E-state index contributed by atoms with van der Waals surface area (Å²) < 4.78 is 91.0. The van der Waals surface area contributed by atoms with Gasteiger partial charge in [0, 0.05) is 19.3 Å². The number of methoxy groups -OCH3 is 4. The van der Waals surface area contributed by atoms with Gasteiger partial charge in [-0.2, -0.15) is 0 Å². The molecule has 3 unspecified atom stereocenters. The third-order valence-corrected chi connectivity index (χ3v) is 10.0. The van der Waals surface area contributed by atoms with Gasteiger partial charge in [0.25, 0.3) is 6.47 Å². The fourth-order valence-electron chi connectivity index (χ4n) is 5.12. The second-order valence-electron chi connectivity index (χ2n) is 12.9. The van der Waals surface area contributed by atoms with Crippen molar-refractivity contribution in [1.29, 1.82) is 0 Å². The van der Waals surface area contributed by atoms with Crippen molar-refractivity contribution in [2.75, 3.05) is 34.2 Å². The van der Waals surface area contributed by atoms with Crippen molar-refractivity contribution >= 4 is 176 Å². The zero-order valence-corrected chi connectivity index (χ0v) is 72.7. The summed E-state index contributed by atoms with van der Waals surface area (Å²) in [5, 5.41) is 17.0. The first-order chi connectivity index (χ1) is 35.4. The van der Waals surface area contributed by atoms with Crippen LogP contribution in [0.25, 0.3) is 0 Å². The Morgan fingerprint density at radius 3 is 1.44 bits per heavy atom. The van der Waals surface area contributed by atoms with Crippen molar-refractivity contribution in [2.45, 2.75) is 45.5 Å². The minimum absolute atomic E-state index is 0. The van der Waals surface area contributed by atoms with Crippen molar-refractivity contribution in [3.8, 4) is 5.75 Å². The Hall–Kier alpha value is 3.38. The zero-order chi connectivity index (χ0) is 58.4. The number of nitrogens with zero attached hydrogens (tertiary/aromatic N) is 1. The number of esters is 4. The van der Waals surface area contributed by atoms with Crippen LogP contribution in [0.1, 0.15) is 98.7 Å². The Bertz CT molecular complexity index is 2640. The maximum atomic E-state index is 13.5. The molecular weight excluding hydrogens is 1610 g/mol. The van der Waals surface area contributed by atoms with Gasteiger partial charge in [0.1, 0.15) is 35.1 Å². The number of nitrogens with two attached hydrogens (primary N) is 1. The summed E-state index contributed by atoms with van der Waals surface area (Å²) in [6.07, 6.45) is 0.0312. The summed E-state index contributed by atoms with van der Waals surface area (Å²) in [4.78, 5) is 65.2. The fourth-order valence-corrected chi connectivity index (χ4v) is 6.35. The number of carbonyl (C=O) groups excluding carboxylic acids is 5. The van der Waals surface area contributed by atoms with Crippen LogP contribution in [0.5, 0.6) is 5.75 Å². The third kappa shape index (κ3) is 42.9. The molecule has 0 bridgehead atoms. The van der Waals surface area contributed by atoms with Crippen LogP contribution in [-0.2, 0) is 44.3 Å². The SMILES string of the molecule is C.CCc1cc(F)ccc1C(=O)OC.COC(=O)c1ccc(F)cc1Br.COC(=O)c1ccc(F)cc1C(C)Br.COC(=O)c1ccc(F)cc1C(C)Oc1cc(Br)ccc1N.O=CO[O-].O=[P+]([O-])O[O-].[B]=NS.[Cs+].[Cs+].[H-].[K+].[K][K]. The van der Waals surface area contributed by atoms with Crippen molar-refractivity contribution < 1.29 is 285 Å². The average molecular weight is 1660 g/mol. The predicted octanol–water partition coefficient (Wildman–Crippen LogP) is -0.372. The summed E-state index contributed by atoms with van der Waals surface area (Å²) in [6.45, 7) is 5.21. The van der Waals surface area contributed by atoms with Gasteiger partial charge in [-0.15, -0.1) is 0 Å². The van der Waals surface area contributed by atoms with Gasteiger partial charge < -0.3 is 51.1 Å². The Morgan fingerprint density at radius 1 is 0.734 bits per heavy atom. The minimum atomic E-state index is -3.15. The molecule has 0 spiro atoms. The van der Waals surface area contributed by atoms with Crippen molar-refractivity contribution in [3.63, 3.8) is 0 Å². The van der Waals surface area contributed by atoms with E-state index in [1.165, 1.54) is 164 Å². The first-order valence-corrected chi connectivity index (χ1v) is 40.6. The molecule has 0 fully saturated rings. The number of halogens is 7. The number of hydrogen-bond acceptors (Lipinski definition) is 19. The van der Waals surface area contributed by atoms with Gasteiger partial charge in [-0.05, 0) is 143 Å². The second kappa shape index (κ2) is 59.0. The number of nitrogen functional groups attached to an aromatic ring is 1. The molecule has 0 saturated heterocycles. The number of alkyl halides is 1. The topological polar surface area (TPSA) is 275 Å². The van der Waals surface area contributed by atoms with E-state index < -0.39 is 49.9 Å². The summed E-state index contributed by atoms with van der Waals surface area (Å²) in [5.41, 5.74) is 9.37. The molecule has 0 aromatic heterocycles. The monoisotopic (exact) mass is 1650 g/mol. The van der Waals surface area contributed by atoms with Crippen LogP contribution >= 0.6 is 68.9 Å². The average Bonchev–Trinajstić information content (AvgIpc) is 3.40. The van der Waals surface area contributed by atoms with Gasteiger partial charge in [0.2, 0.25) is 0 Å². The molecule has 5 rings (SSSR count). The van der Waals surface area contributed by atoms with Crippen LogP contribution in [0.3, 0.4) is 0 Å². The van der Waals surface area contributed by atoms with Crippen LogP contribution in [0, 0.1) is 23.3 Å². The molecule has 0 saturated carbocycles. The molecule has 33 heteroatoms. The molecule has 1 radical (unpaired) electrons. The number of thiol groups is 1. The van der Waals surface area contributed by atoms with E-state index in [0.29, 0.717) is 55.7 Å². The van der Waals surface area contributed by atoms with Gasteiger partial charge in [-0.3, -0.25) is 4.79 Å². The van der Waals surface area contributed by atoms with Crippen LogP contribution in [-0.4, -0.2) is 130 Å². The molecule has 0 aliphatic carbocycles. The summed E-state index contributed by atoms with van der Waals surface area (Å²) in [7, 11) is 6.34. The number of anilines is 1. The van der Waals surface area contributed by atoms with Crippen molar-refractivity contribution in [1.82, 2.24) is 0 Å². The molecule has 79 heavy (non-hydrogen) atoms. The fraction of sp³-hybridized carbons (Fsp3) is 0.239. The number of aryl methyl sites for hydroxylation is 1. The molecule has 18 nitrogen and oxygen atoms in total. The van der Waals surface area contributed by atoms with E-state index in [1.807, 2.05) is 13.8 Å². The summed E-state index contributed by atoms with van der Waals surface area (Å²) in [6, 6.07) is 20.9. The number of benzene rings is 5. The van der Waals surface area contributed by atoms with E-state index in [4.69, 9.17) is 40.0 Å². The van der Waals surface area contributed by atoms with Crippen molar-refractivity contribution in [3.05, 3.63) is 162 Å². The number of hydrogen-bond donors (Lipinski definition) is 2. The number of ether oxygens (including phenoxy) is 5. The Labute approximate surface area is 695 Å². The molecule has 2 N–H and O–H groups in total. The molecular formula is C46H49BBr3Cs2F4K3N2O16PS. The van der Waals surface area contributed by atoms with E-state index in [-0.39, 0.29) is 227 Å². The van der Waals surface area contributed by atoms with E-state index in [9.17, 15) is 36.7 Å². The van der Waals surface area contributed by atoms with Gasteiger partial charge in [-0.1, -0.05) is 46.2 Å². The quantitative estimate of drug-likeness (QED) is 0.0146. The third-order valence-electron chi connectivity index (χ3n) is 8.27. The predicted molar refractivity (Wildman–Crippen MR) is 285 cm³/mol. The molecule has 0 amide bonds. The molecule has 5 aromatic carbocycles. The van der Waals surface area contributed by atoms with Crippen LogP contribution in [0.2, 0.25) is 0 Å². The first-order valence-electron chi connectivity index (χ1n) is 20.6. The molecule has 0 heterocycles. The van der Waals surface area contributed by atoms with E-state index >= 15 is 0 Å². The maximum absolute atomic E-state index is 13.5. The van der Waals surface area contributed by atoms with E-state index in [2.05, 4.69) is 96.3 Å². The second-order valence-corrected chi connectivity index (χ2v) is 16.8. The standard InChI is InChI=1S/C16H15BrFNO3.C10H10BrFO2.C10H11FO2.C8H6BrFO2.CH2O3.CH4.BHNS.2Cs.3K.HO4P.H/c1-9(22-15-7-10(17)3-6-14(15)19)13-8-11(18)4-5-12(13)16(20)21-2;1-6(11)9-5-7(12)3-4-8(9)10(13)14-2;1-3-7-6-8(11)4-5-9(7)10(12)13-2;1-12-8(11)6-3-2-5(10)4-7(6)9;2-1-4-3;;1-2-3;;;;;;1-4-5(2)3;/h3-9H,19H2,1-2H3;3-6H,1-2H3;4-6H,3H2,1-2H3;2-4H,1H3;1,3H;1H4;3H;;;;;;1H;/q;;;;;;;2*+1;;;+1;;-1/p-2. The Kier molecular flexibility index (Phi) is 71.7. The number of rotatable bonds is 11. The molecule has 3 atom stereocenters. The van der Waals surface area contributed by atoms with Gasteiger partial charge in [-0.25, -0.2) is 41.4 Å². The summed E-state index contributed by atoms with van der Waals surface area (Å²) in [5.74, 6) is -3.00. The van der Waals surface area contributed by atoms with Crippen LogP contribution in [0.15, 0.2) is 104 Å². The van der Waals surface area contributed by atoms with Crippen molar-refractivity contribution in [2.24, 2.45) is 4.30 Å². The van der Waals surface area contributed by atoms with Gasteiger partial charge in [0.05, 0.1) is 56.4 Å².